The van der Waals surface area contributed by atoms with E-state index in [-0.39, 0.29) is 0 Å². The number of nitrogen functional groups attached to an aromatic ring is 1. The molecule has 102 valence electrons. The van der Waals surface area contributed by atoms with Crippen LogP contribution < -0.4 is 5.73 Å². The summed E-state index contributed by atoms with van der Waals surface area (Å²) in [5.41, 5.74) is 8.39. The minimum absolute atomic E-state index is 0.490. The van der Waals surface area contributed by atoms with Gasteiger partial charge in [-0.1, -0.05) is 30.3 Å². The van der Waals surface area contributed by atoms with Crippen molar-refractivity contribution in [2.75, 3.05) is 5.73 Å². The van der Waals surface area contributed by atoms with Crippen LogP contribution in [0.1, 0.15) is 0 Å². The monoisotopic (exact) mass is 277 g/mol. The molecule has 0 spiro atoms. The Labute approximate surface area is 119 Å². The number of nitrogens with one attached hydrogen (secondary N) is 1. The standard InChI is InChI=1S/C14H11N7/c15-13-11-12(9-4-2-1-3-5-9)20-21(14(11)19-18-13)10-6-7-16-8-17-10/h1-8H,(H3,15,18,19). The first-order chi connectivity index (χ1) is 10.3. The molecule has 21 heavy (non-hydrogen) atoms. The Bertz CT molecular complexity index is 893. The first-order valence-corrected chi connectivity index (χ1v) is 6.39. The molecule has 7 heteroatoms. The lowest BCUT2D eigenvalue weighted by atomic mass is 10.1. The average molecular weight is 277 g/mol. The van der Waals surface area contributed by atoms with Gasteiger partial charge in [-0.05, 0) is 0 Å². The molecule has 0 saturated heterocycles. The molecule has 7 nitrogen and oxygen atoms in total. The molecular formula is C14H11N7. The van der Waals surface area contributed by atoms with E-state index < -0.39 is 0 Å². The van der Waals surface area contributed by atoms with Gasteiger partial charge in [-0.2, -0.15) is 14.9 Å². The number of aromatic nitrogens is 6. The molecule has 0 unspecified atom stereocenters. The summed E-state index contributed by atoms with van der Waals surface area (Å²) in [4.78, 5) is 8.13. The molecule has 0 fully saturated rings. The second-order valence-electron chi connectivity index (χ2n) is 4.53. The van der Waals surface area contributed by atoms with E-state index in [9.17, 15) is 0 Å². The molecule has 3 N–H and O–H groups in total. The molecule has 1 aromatic carbocycles. The number of hydrogen-bond acceptors (Lipinski definition) is 5. The number of benzene rings is 1. The molecule has 0 atom stereocenters. The molecule has 0 amide bonds. The molecule has 0 aliphatic heterocycles. The maximum Gasteiger partial charge on any atom is 0.188 e. The highest BCUT2D eigenvalue weighted by Crippen LogP contribution is 2.31. The van der Waals surface area contributed by atoms with Gasteiger partial charge in [-0.15, -0.1) is 0 Å². The van der Waals surface area contributed by atoms with E-state index in [0.717, 1.165) is 16.6 Å². The highest BCUT2D eigenvalue weighted by atomic mass is 15.4. The Morgan fingerprint density at radius 1 is 1.10 bits per heavy atom. The lowest BCUT2D eigenvalue weighted by Gasteiger charge is -1.99. The average Bonchev–Trinajstić information content (AvgIpc) is 3.10. The molecule has 3 heterocycles. The smallest absolute Gasteiger partial charge is 0.188 e. The Balaban J connectivity index is 2.03. The van der Waals surface area contributed by atoms with Crippen molar-refractivity contribution < 1.29 is 0 Å². The van der Waals surface area contributed by atoms with Crippen LogP contribution in [0.2, 0.25) is 0 Å². The third-order valence-electron chi connectivity index (χ3n) is 3.24. The van der Waals surface area contributed by atoms with Crippen molar-refractivity contribution in [2.45, 2.75) is 0 Å². The number of rotatable bonds is 2. The summed E-state index contributed by atoms with van der Waals surface area (Å²) in [5.74, 6) is 1.13. The van der Waals surface area contributed by atoms with E-state index in [4.69, 9.17) is 5.73 Å². The Hall–Kier alpha value is -3.22. The molecule has 0 radical (unpaired) electrons. The van der Waals surface area contributed by atoms with Crippen LogP contribution in [0.5, 0.6) is 0 Å². The van der Waals surface area contributed by atoms with E-state index in [1.807, 2.05) is 30.3 Å². The number of nitrogens with zero attached hydrogens (tertiary/aromatic N) is 5. The molecule has 4 aromatic rings. The highest BCUT2D eigenvalue weighted by molar-refractivity contribution is 5.99. The maximum absolute atomic E-state index is 6.00. The van der Waals surface area contributed by atoms with Crippen LogP contribution in [0, 0.1) is 0 Å². The van der Waals surface area contributed by atoms with Gasteiger partial charge in [-0.3, -0.25) is 5.10 Å². The molecule has 0 aliphatic carbocycles. The zero-order valence-corrected chi connectivity index (χ0v) is 10.9. The molecule has 3 aromatic heterocycles. The van der Waals surface area contributed by atoms with Crippen LogP contribution in [0.4, 0.5) is 5.82 Å². The number of nitrogens with two attached hydrogens (primary N) is 1. The molecular weight excluding hydrogens is 266 g/mol. The third kappa shape index (κ3) is 1.75. The van der Waals surface area contributed by atoms with Crippen LogP contribution >= 0.6 is 0 Å². The second kappa shape index (κ2) is 4.41. The van der Waals surface area contributed by atoms with Crippen molar-refractivity contribution in [3.8, 4) is 17.1 Å². The van der Waals surface area contributed by atoms with Crippen LogP contribution in [-0.2, 0) is 0 Å². The van der Waals surface area contributed by atoms with Crippen molar-refractivity contribution in [3.63, 3.8) is 0 Å². The van der Waals surface area contributed by atoms with Crippen molar-refractivity contribution >= 4 is 16.9 Å². The lowest BCUT2D eigenvalue weighted by molar-refractivity contribution is 0.849. The van der Waals surface area contributed by atoms with Gasteiger partial charge >= 0.3 is 0 Å². The van der Waals surface area contributed by atoms with Crippen LogP contribution in [0.3, 0.4) is 0 Å². The fraction of sp³-hybridized carbons (Fsp3) is 0. The topological polar surface area (TPSA) is 98.3 Å². The summed E-state index contributed by atoms with van der Waals surface area (Å²) in [6, 6.07) is 11.6. The fourth-order valence-corrected chi connectivity index (χ4v) is 2.30. The minimum atomic E-state index is 0.490. The number of H-pyrrole nitrogens is 1. The summed E-state index contributed by atoms with van der Waals surface area (Å²) in [7, 11) is 0. The lowest BCUT2D eigenvalue weighted by Crippen LogP contribution is -2.00. The first kappa shape index (κ1) is 11.6. The normalized spacial score (nSPS) is 11.0. The van der Waals surface area contributed by atoms with Gasteiger partial charge in [0.05, 0.1) is 5.39 Å². The van der Waals surface area contributed by atoms with Crippen LogP contribution in [0.15, 0.2) is 48.9 Å². The van der Waals surface area contributed by atoms with E-state index in [0.29, 0.717) is 17.3 Å². The van der Waals surface area contributed by atoms with E-state index >= 15 is 0 Å². The van der Waals surface area contributed by atoms with Crippen molar-refractivity contribution in [1.29, 1.82) is 0 Å². The molecule has 4 rings (SSSR count). The largest absolute Gasteiger partial charge is 0.383 e. The van der Waals surface area contributed by atoms with E-state index in [2.05, 4.69) is 25.3 Å². The third-order valence-corrected chi connectivity index (χ3v) is 3.24. The van der Waals surface area contributed by atoms with Gasteiger partial charge in [0.15, 0.2) is 11.5 Å². The van der Waals surface area contributed by atoms with Crippen molar-refractivity contribution in [1.82, 2.24) is 29.9 Å². The second-order valence-corrected chi connectivity index (χ2v) is 4.53. The zero-order chi connectivity index (χ0) is 14.2. The van der Waals surface area contributed by atoms with Gasteiger partial charge < -0.3 is 5.73 Å². The van der Waals surface area contributed by atoms with Crippen molar-refractivity contribution in [3.05, 3.63) is 48.9 Å². The van der Waals surface area contributed by atoms with Gasteiger partial charge in [0.2, 0.25) is 0 Å². The molecule has 0 bridgehead atoms. The predicted molar refractivity (Wildman–Crippen MR) is 78.7 cm³/mol. The summed E-state index contributed by atoms with van der Waals surface area (Å²) in [6.07, 6.45) is 3.13. The quantitative estimate of drug-likeness (QED) is 0.582. The highest BCUT2D eigenvalue weighted by Gasteiger charge is 2.19. The molecule has 0 saturated carbocycles. The minimum Gasteiger partial charge on any atom is -0.383 e. The van der Waals surface area contributed by atoms with E-state index in [1.165, 1.54) is 6.33 Å². The number of aromatic amines is 1. The number of anilines is 1. The number of fused-ring (bicyclic) bond motifs is 1. The summed E-state index contributed by atoms with van der Waals surface area (Å²) in [6.45, 7) is 0. The molecule has 0 aliphatic rings. The summed E-state index contributed by atoms with van der Waals surface area (Å²) < 4.78 is 1.66. The van der Waals surface area contributed by atoms with Gasteiger partial charge in [0.1, 0.15) is 17.8 Å². The van der Waals surface area contributed by atoms with Crippen LogP contribution in [-0.4, -0.2) is 29.9 Å². The Morgan fingerprint density at radius 3 is 2.71 bits per heavy atom. The summed E-state index contributed by atoms with van der Waals surface area (Å²) in [5, 5.41) is 12.4. The fourth-order valence-electron chi connectivity index (χ4n) is 2.30. The zero-order valence-electron chi connectivity index (χ0n) is 10.9. The maximum atomic E-state index is 6.00. The van der Waals surface area contributed by atoms with Gasteiger partial charge in [-0.25, -0.2) is 9.97 Å². The Morgan fingerprint density at radius 2 is 1.95 bits per heavy atom. The van der Waals surface area contributed by atoms with Crippen molar-refractivity contribution in [2.24, 2.45) is 0 Å². The first-order valence-electron chi connectivity index (χ1n) is 6.39. The predicted octanol–water partition coefficient (Wildman–Crippen LogP) is 1.79. The van der Waals surface area contributed by atoms with E-state index in [1.54, 1.807) is 16.9 Å². The van der Waals surface area contributed by atoms with Crippen LogP contribution in [0.25, 0.3) is 28.1 Å². The van der Waals surface area contributed by atoms with Gasteiger partial charge in [0, 0.05) is 17.8 Å². The van der Waals surface area contributed by atoms with Gasteiger partial charge in [0.25, 0.3) is 0 Å². The Kier molecular flexibility index (Phi) is 2.43. The number of hydrogen-bond donors (Lipinski definition) is 2. The SMILES string of the molecule is Nc1[nH]nc2c1c(-c1ccccc1)nn2-c1ccncn1. The summed E-state index contributed by atoms with van der Waals surface area (Å²) >= 11 is 0.